The number of hydrogen-bond acceptors (Lipinski definition) is 7. The van der Waals surface area contributed by atoms with Crippen LogP contribution in [0.5, 0.6) is 6.01 Å². The number of carbonyl (C=O) groups is 1. The lowest BCUT2D eigenvalue weighted by molar-refractivity contribution is 0.0697. The van der Waals surface area contributed by atoms with Crippen molar-refractivity contribution in [2.75, 3.05) is 0 Å². The Hall–Kier alpha value is -5.07. The number of fused-ring (bicyclic) bond motifs is 2. The third kappa shape index (κ3) is 5.77. The lowest BCUT2D eigenvalue weighted by Crippen LogP contribution is -2.20. The first kappa shape index (κ1) is 28.7. The van der Waals surface area contributed by atoms with Gasteiger partial charge in [-0.2, -0.15) is 4.98 Å². The van der Waals surface area contributed by atoms with Gasteiger partial charge < -0.3 is 23.5 Å². The average molecular weight is 627 g/mol. The number of aromatic carboxylic acids is 1. The number of rotatable bonds is 10. The van der Waals surface area contributed by atoms with Crippen LogP contribution in [0.25, 0.3) is 16.9 Å². The van der Waals surface area contributed by atoms with Crippen molar-refractivity contribution in [1.29, 1.82) is 0 Å². The molecule has 13 heteroatoms. The quantitative estimate of drug-likeness (QED) is 0.213. The number of carboxylic acids is 1. The number of nitrogens with zero attached hydrogens (tertiary/aromatic N) is 8. The van der Waals surface area contributed by atoms with Gasteiger partial charge in [0.2, 0.25) is 0 Å². The van der Waals surface area contributed by atoms with Crippen LogP contribution in [0.15, 0.2) is 73.6 Å². The Morgan fingerprint density at radius 3 is 2.64 bits per heavy atom. The second kappa shape index (κ2) is 11.8. The summed E-state index contributed by atoms with van der Waals surface area (Å²) in [6, 6.07) is 11.4. The van der Waals surface area contributed by atoms with Gasteiger partial charge in [-0.25, -0.2) is 24.1 Å². The largest absolute Gasteiger partial charge is 0.478 e. The van der Waals surface area contributed by atoms with Crippen LogP contribution in [-0.4, -0.2) is 49.6 Å². The number of halogens is 2. The Labute approximate surface area is 262 Å². The molecule has 6 aromatic rings. The lowest BCUT2D eigenvalue weighted by Gasteiger charge is -2.17. The summed E-state index contributed by atoms with van der Waals surface area (Å²) in [6.45, 7) is 5.35. The molecule has 2 aromatic carbocycles. The summed E-state index contributed by atoms with van der Waals surface area (Å²) in [6.07, 6.45) is 9.34. The lowest BCUT2D eigenvalue weighted by atomic mass is 10.2. The molecule has 45 heavy (non-hydrogen) atoms. The molecule has 0 aliphatic carbocycles. The van der Waals surface area contributed by atoms with Crippen LogP contribution in [0.1, 0.15) is 45.5 Å². The van der Waals surface area contributed by atoms with E-state index in [1.165, 1.54) is 17.2 Å². The summed E-state index contributed by atoms with van der Waals surface area (Å²) in [5, 5.41) is 9.93. The molecule has 0 bridgehead atoms. The van der Waals surface area contributed by atoms with E-state index in [2.05, 4.69) is 35.9 Å². The zero-order chi connectivity index (χ0) is 31.1. The van der Waals surface area contributed by atoms with Gasteiger partial charge in [0.1, 0.15) is 24.1 Å². The number of carboxylic acid groups (broad SMARTS) is 1. The van der Waals surface area contributed by atoms with Crippen molar-refractivity contribution in [2.24, 2.45) is 0 Å². The monoisotopic (exact) mass is 626 g/mol. The van der Waals surface area contributed by atoms with Gasteiger partial charge in [-0.05, 0) is 48.4 Å². The molecule has 0 amide bonds. The zero-order valence-corrected chi connectivity index (χ0v) is 25.0. The summed E-state index contributed by atoms with van der Waals surface area (Å²) in [4.78, 5) is 31.9. The highest BCUT2D eigenvalue weighted by Crippen LogP contribution is 2.28. The fourth-order valence-electron chi connectivity index (χ4n) is 5.66. The Balaban J connectivity index is 1.08. The minimum absolute atomic E-state index is 0.0211. The number of aryl methyl sites for hydroxylation is 1. The molecule has 11 nitrogen and oxygen atoms in total. The first-order valence-electron chi connectivity index (χ1n) is 14.4. The van der Waals surface area contributed by atoms with Crippen LogP contribution in [0, 0.1) is 5.82 Å². The summed E-state index contributed by atoms with van der Waals surface area (Å²) in [5.74, 6) is 0.0712. The third-order valence-corrected chi connectivity index (χ3v) is 8.18. The molecular weight excluding hydrogens is 599 g/mol. The second-order valence-corrected chi connectivity index (χ2v) is 11.3. The van der Waals surface area contributed by atoms with Crippen LogP contribution in [0.2, 0.25) is 5.02 Å². The molecule has 1 N–H and O–H groups in total. The smallest absolute Gasteiger partial charge is 0.335 e. The summed E-state index contributed by atoms with van der Waals surface area (Å²) in [5.41, 5.74) is 5.46. The molecule has 7 rings (SSSR count). The van der Waals surface area contributed by atoms with Gasteiger partial charge in [0.05, 0.1) is 41.7 Å². The predicted molar refractivity (Wildman–Crippen MR) is 164 cm³/mol. The molecule has 0 radical (unpaired) electrons. The highest BCUT2D eigenvalue weighted by Gasteiger charge is 2.25. The van der Waals surface area contributed by atoms with E-state index in [0.717, 1.165) is 29.1 Å². The normalized spacial score (nSPS) is 13.0. The van der Waals surface area contributed by atoms with Gasteiger partial charge in [-0.3, -0.25) is 4.90 Å². The van der Waals surface area contributed by atoms with Crippen molar-refractivity contribution >= 4 is 28.6 Å². The molecule has 228 valence electrons. The molecule has 0 unspecified atom stereocenters. The van der Waals surface area contributed by atoms with E-state index in [1.54, 1.807) is 48.9 Å². The first-order valence-corrected chi connectivity index (χ1v) is 14.8. The van der Waals surface area contributed by atoms with Gasteiger partial charge in [0, 0.05) is 61.1 Å². The van der Waals surface area contributed by atoms with E-state index in [4.69, 9.17) is 21.3 Å². The molecule has 0 saturated heterocycles. The van der Waals surface area contributed by atoms with E-state index in [1.807, 2.05) is 23.2 Å². The standard InChI is InChI=1S/C32H28ClFN8O3/c1-2-40-19-35-11-25(40)16-42-28-9-20(31(43)44)4-6-27(28)37-30(42)17-39-12-22-14-41(15-23(22)13-39)29-7-8-36-32(38-29)45-18-21-3-5-24(33)10-26(21)34/h3-11,14-15,19H,2,12-13,16-18H2,1H3,(H,43,44). The van der Waals surface area contributed by atoms with Crippen LogP contribution in [0.3, 0.4) is 0 Å². The fraction of sp³-hybridized carbons (Fsp3) is 0.219. The Bertz CT molecular complexity index is 2030. The van der Waals surface area contributed by atoms with Crippen LogP contribution in [-0.2, 0) is 39.3 Å². The SMILES string of the molecule is CCn1cncc1Cn1c(CN2Cc3cn(-c4ccnc(OCc5ccc(Cl)cc5F)n4)cc3C2)nc2ccc(C(=O)O)cc21. The van der Waals surface area contributed by atoms with E-state index < -0.39 is 11.8 Å². The molecule has 0 atom stereocenters. The van der Waals surface area contributed by atoms with Crippen molar-refractivity contribution in [2.45, 2.75) is 46.3 Å². The highest BCUT2D eigenvalue weighted by molar-refractivity contribution is 6.30. The number of imidazole rings is 2. The summed E-state index contributed by atoms with van der Waals surface area (Å²) >= 11 is 5.84. The van der Waals surface area contributed by atoms with Crippen LogP contribution < -0.4 is 4.74 Å². The van der Waals surface area contributed by atoms with Crippen molar-refractivity contribution < 1.29 is 19.0 Å². The Morgan fingerprint density at radius 1 is 1.07 bits per heavy atom. The van der Waals surface area contributed by atoms with Gasteiger partial charge in [-0.1, -0.05) is 17.7 Å². The Kier molecular flexibility index (Phi) is 7.51. The first-order chi connectivity index (χ1) is 21.8. The highest BCUT2D eigenvalue weighted by atomic mass is 35.5. The minimum atomic E-state index is -0.974. The van der Waals surface area contributed by atoms with Crippen molar-refractivity contribution in [3.05, 3.63) is 118 Å². The maximum absolute atomic E-state index is 14.2. The maximum Gasteiger partial charge on any atom is 0.335 e. The van der Waals surface area contributed by atoms with Crippen LogP contribution in [0.4, 0.5) is 4.39 Å². The number of ether oxygens (including phenoxy) is 1. The topological polar surface area (TPSA) is 116 Å². The Morgan fingerprint density at radius 2 is 1.89 bits per heavy atom. The summed E-state index contributed by atoms with van der Waals surface area (Å²) in [7, 11) is 0. The molecule has 0 saturated carbocycles. The van der Waals surface area contributed by atoms with Crippen molar-refractivity contribution in [3.8, 4) is 11.8 Å². The minimum Gasteiger partial charge on any atom is -0.478 e. The number of aromatic nitrogens is 7. The van der Waals surface area contributed by atoms with E-state index >= 15 is 0 Å². The molecular formula is C32H28ClFN8O3. The van der Waals surface area contributed by atoms with Gasteiger partial charge in [0.15, 0.2) is 0 Å². The zero-order valence-electron chi connectivity index (χ0n) is 24.3. The number of benzene rings is 2. The molecule has 4 aromatic heterocycles. The van der Waals surface area contributed by atoms with Gasteiger partial charge in [0.25, 0.3) is 0 Å². The van der Waals surface area contributed by atoms with Crippen molar-refractivity contribution in [1.82, 2.24) is 38.5 Å². The van der Waals surface area contributed by atoms with E-state index in [9.17, 15) is 14.3 Å². The molecule has 5 heterocycles. The van der Waals surface area contributed by atoms with Crippen molar-refractivity contribution in [3.63, 3.8) is 0 Å². The maximum atomic E-state index is 14.2. The number of hydrogen-bond donors (Lipinski definition) is 1. The molecule has 0 spiro atoms. The van der Waals surface area contributed by atoms with E-state index in [0.29, 0.717) is 42.6 Å². The third-order valence-electron chi connectivity index (χ3n) is 7.94. The van der Waals surface area contributed by atoms with Gasteiger partial charge in [-0.15, -0.1) is 0 Å². The fourth-order valence-corrected chi connectivity index (χ4v) is 5.82. The average Bonchev–Trinajstić information content (AvgIpc) is 3.80. The van der Waals surface area contributed by atoms with Crippen LogP contribution >= 0.6 is 11.6 Å². The second-order valence-electron chi connectivity index (χ2n) is 10.9. The molecule has 1 aliphatic heterocycles. The summed E-state index contributed by atoms with van der Waals surface area (Å²) < 4.78 is 25.9. The predicted octanol–water partition coefficient (Wildman–Crippen LogP) is 5.47. The molecule has 0 fully saturated rings. The van der Waals surface area contributed by atoms with E-state index in [-0.39, 0.29) is 18.2 Å². The molecule has 1 aliphatic rings. The van der Waals surface area contributed by atoms with Gasteiger partial charge >= 0.3 is 12.0 Å².